The number of benzene rings is 1. The topological polar surface area (TPSA) is 56.7 Å². The van der Waals surface area contributed by atoms with E-state index in [2.05, 4.69) is 15.6 Å². The lowest BCUT2D eigenvalue weighted by Crippen LogP contribution is -2.44. The summed E-state index contributed by atoms with van der Waals surface area (Å²) in [7, 11) is 0. The third kappa shape index (κ3) is 6.63. The molecular weight excluding hydrogens is 408 g/mol. The molecule has 1 saturated carbocycles. The Kier molecular flexibility index (Phi) is 9.47. The van der Waals surface area contributed by atoms with E-state index >= 15 is 0 Å². The first-order chi connectivity index (χ1) is 10.7. The number of guanidine groups is 1. The molecule has 0 heterocycles. The van der Waals surface area contributed by atoms with E-state index in [9.17, 15) is 9.50 Å². The van der Waals surface area contributed by atoms with Crippen molar-refractivity contribution in [1.82, 2.24) is 10.6 Å². The Labute approximate surface area is 155 Å². The van der Waals surface area contributed by atoms with Crippen molar-refractivity contribution in [3.05, 3.63) is 35.6 Å². The Hall–Kier alpha value is -0.890. The molecule has 3 N–H and O–H groups in total. The van der Waals surface area contributed by atoms with Crippen molar-refractivity contribution in [3.8, 4) is 0 Å². The van der Waals surface area contributed by atoms with Crippen LogP contribution in [0.5, 0.6) is 0 Å². The molecule has 1 aliphatic carbocycles. The minimum atomic E-state index is -0.928. The van der Waals surface area contributed by atoms with Crippen LogP contribution in [0.25, 0.3) is 0 Å². The van der Waals surface area contributed by atoms with E-state index in [0.29, 0.717) is 17.6 Å². The van der Waals surface area contributed by atoms with Crippen molar-refractivity contribution in [1.29, 1.82) is 0 Å². The third-order valence-electron chi connectivity index (χ3n) is 3.98. The number of nitrogens with zero attached hydrogens (tertiary/aromatic N) is 1. The molecule has 0 bridgehead atoms. The fourth-order valence-corrected chi connectivity index (χ4v) is 2.78. The predicted octanol–water partition coefficient (Wildman–Crippen LogP) is 3.36. The van der Waals surface area contributed by atoms with Gasteiger partial charge in [-0.2, -0.15) is 0 Å². The summed E-state index contributed by atoms with van der Waals surface area (Å²) in [5.41, 5.74) is 0.291. The average Bonchev–Trinajstić information content (AvgIpc) is 2.54. The summed E-state index contributed by atoms with van der Waals surface area (Å²) < 4.78 is 13.6. The maximum atomic E-state index is 13.6. The van der Waals surface area contributed by atoms with Gasteiger partial charge in [0, 0.05) is 18.2 Å². The van der Waals surface area contributed by atoms with Crippen molar-refractivity contribution in [2.75, 3.05) is 13.1 Å². The fraction of sp³-hybridized carbons (Fsp3) is 0.588. The molecule has 6 heteroatoms. The van der Waals surface area contributed by atoms with Crippen LogP contribution in [0.3, 0.4) is 0 Å². The molecule has 1 aromatic carbocycles. The summed E-state index contributed by atoms with van der Waals surface area (Å²) in [5, 5.41) is 16.7. The van der Waals surface area contributed by atoms with Crippen LogP contribution in [0.4, 0.5) is 4.39 Å². The second kappa shape index (κ2) is 10.8. The van der Waals surface area contributed by atoms with Crippen molar-refractivity contribution in [2.45, 2.75) is 51.2 Å². The second-order valence-electron chi connectivity index (χ2n) is 5.74. The van der Waals surface area contributed by atoms with E-state index in [1.54, 1.807) is 18.2 Å². The van der Waals surface area contributed by atoms with E-state index in [-0.39, 0.29) is 30.5 Å². The highest BCUT2D eigenvalue weighted by Crippen LogP contribution is 2.18. The highest BCUT2D eigenvalue weighted by Gasteiger charge is 2.15. The molecule has 1 fully saturated rings. The summed E-state index contributed by atoms with van der Waals surface area (Å²) in [5.74, 6) is 0.306. The van der Waals surface area contributed by atoms with Crippen molar-refractivity contribution in [2.24, 2.45) is 4.99 Å². The number of halogens is 2. The first kappa shape index (κ1) is 20.2. The molecule has 4 nitrogen and oxygen atoms in total. The van der Waals surface area contributed by atoms with Crippen LogP contribution in [0.15, 0.2) is 29.3 Å². The predicted molar refractivity (Wildman–Crippen MR) is 103 cm³/mol. The molecule has 0 saturated heterocycles. The summed E-state index contributed by atoms with van der Waals surface area (Å²) in [6.07, 6.45) is 5.17. The second-order valence-corrected chi connectivity index (χ2v) is 5.74. The minimum absolute atomic E-state index is 0. The van der Waals surface area contributed by atoms with Crippen LogP contribution < -0.4 is 10.6 Å². The van der Waals surface area contributed by atoms with Crippen LogP contribution in [0, 0.1) is 5.82 Å². The van der Waals surface area contributed by atoms with E-state index in [1.807, 2.05) is 6.92 Å². The van der Waals surface area contributed by atoms with E-state index in [4.69, 9.17) is 0 Å². The molecule has 23 heavy (non-hydrogen) atoms. The van der Waals surface area contributed by atoms with E-state index in [0.717, 1.165) is 19.4 Å². The van der Waals surface area contributed by atoms with Gasteiger partial charge in [0.1, 0.15) is 11.9 Å². The maximum Gasteiger partial charge on any atom is 0.191 e. The zero-order chi connectivity index (χ0) is 15.8. The minimum Gasteiger partial charge on any atom is -0.386 e. The monoisotopic (exact) mass is 435 g/mol. The van der Waals surface area contributed by atoms with Gasteiger partial charge >= 0.3 is 0 Å². The van der Waals surface area contributed by atoms with Gasteiger partial charge in [0.25, 0.3) is 0 Å². The molecule has 0 amide bonds. The van der Waals surface area contributed by atoms with E-state index in [1.165, 1.54) is 25.3 Å². The average molecular weight is 435 g/mol. The summed E-state index contributed by atoms with van der Waals surface area (Å²) in [6.45, 7) is 2.91. The largest absolute Gasteiger partial charge is 0.386 e. The molecular formula is C17H27FIN3O. The fourth-order valence-electron chi connectivity index (χ4n) is 2.78. The van der Waals surface area contributed by atoms with Gasteiger partial charge in [-0.25, -0.2) is 4.39 Å². The van der Waals surface area contributed by atoms with Crippen molar-refractivity contribution < 1.29 is 9.50 Å². The van der Waals surface area contributed by atoms with Crippen LogP contribution in [-0.2, 0) is 0 Å². The Morgan fingerprint density at radius 3 is 2.65 bits per heavy atom. The molecule has 1 atom stereocenters. The van der Waals surface area contributed by atoms with Gasteiger partial charge in [0.2, 0.25) is 0 Å². The highest BCUT2D eigenvalue weighted by molar-refractivity contribution is 14.0. The maximum absolute atomic E-state index is 13.6. The van der Waals surface area contributed by atoms with Gasteiger partial charge in [-0.1, -0.05) is 37.5 Å². The van der Waals surface area contributed by atoms with Gasteiger partial charge < -0.3 is 15.7 Å². The number of nitrogens with one attached hydrogen (secondary N) is 2. The Morgan fingerprint density at radius 1 is 1.30 bits per heavy atom. The summed E-state index contributed by atoms with van der Waals surface area (Å²) >= 11 is 0. The summed E-state index contributed by atoms with van der Waals surface area (Å²) in [6, 6.07) is 6.72. The molecule has 1 aromatic rings. The SMILES string of the molecule is CCNC(=NCC(O)c1ccccc1F)NC1CCCCC1.I. The van der Waals surface area contributed by atoms with Gasteiger partial charge in [0.15, 0.2) is 5.96 Å². The lowest BCUT2D eigenvalue weighted by Gasteiger charge is -2.25. The molecule has 0 aromatic heterocycles. The third-order valence-corrected chi connectivity index (χ3v) is 3.98. The molecule has 0 radical (unpaired) electrons. The van der Waals surface area contributed by atoms with Crippen LogP contribution >= 0.6 is 24.0 Å². The zero-order valence-corrected chi connectivity index (χ0v) is 15.9. The quantitative estimate of drug-likeness (QED) is 0.378. The molecule has 1 unspecified atom stereocenters. The number of hydrogen-bond acceptors (Lipinski definition) is 2. The number of aliphatic imine (C=N–C) groups is 1. The number of aliphatic hydroxyl groups is 1. The Morgan fingerprint density at radius 2 is 2.00 bits per heavy atom. The molecule has 130 valence electrons. The summed E-state index contributed by atoms with van der Waals surface area (Å²) in [4.78, 5) is 4.40. The van der Waals surface area contributed by atoms with Gasteiger partial charge in [-0.05, 0) is 25.8 Å². The van der Waals surface area contributed by atoms with Crippen LogP contribution in [0.2, 0.25) is 0 Å². The van der Waals surface area contributed by atoms with Gasteiger partial charge in [0.05, 0.1) is 6.54 Å². The zero-order valence-electron chi connectivity index (χ0n) is 13.6. The molecule has 0 aliphatic heterocycles. The van der Waals surface area contributed by atoms with Crippen molar-refractivity contribution >= 4 is 29.9 Å². The van der Waals surface area contributed by atoms with Gasteiger partial charge in [-0.3, -0.25) is 4.99 Å². The standard InChI is InChI=1S/C17H26FN3O.HI/c1-2-19-17(21-13-8-4-3-5-9-13)20-12-16(22)14-10-6-7-11-15(14)18;/h6-7,10-11,13,16,22H,2-5,8-9,12H2,1H3,(H2,19,20,21);1H. The molecule has 1 aliphatic rings. The van der Waals surface area contributed by atoms with Crippen LogP contribution in [-0.4, -0.2) is 30.2 Å². The number of rotatable bonds is 5. The number of aliphatic hydroxyl groups excluding tert-OH is 1. The Balaban J connectivity index is 0.00000264. The lowest BCUT2D eigenvalue weighted by molar-refractivity contribution is 0.182. The van der Waals surface area contributed by atoms with Crippen molar-refractivity contribution in [3.63, 3.8) is 0 Å². The smallest absolute Gasteiger partial charge is 0.191 e. The first-order valence-corrected chi connectivity index (χ1v) is 8.18. The first-order valence-electron chi connectivity index (χ1n) is 8.18. The van der Waals surface area contributed by atoms with Gasteiger partial charge in [-0.15, -0.1) is 24.0 Å². The highest BCUT2D eigenvalue weighted by atomic mass is 127. The Bertz CT molecular complexity index is 492. The van der Waals surface area contributed by atoms with E-state index < -0.39 is 11.9 Å². The number of hydrogen-bond donors (Lipinski definition) is 3. The van der Waals surface area contributed by atoms with Crippen LogP contribution in [0.1, 0.15) is 50.7 Å². The molecule has 2 rings (SSSR count). The normalized spacial score (nSPS) is 17.3. The lowest BCUT2D eigenvalue weighted by atomic mass is 9.96. The molecule has 0 spiro atoms.